The van der Waals surface area contributed by atoms with E-state index in [1.54, 1.807) is 0 Å². The zero-order valence-corrected chi connectivity index (χ0v) is 8.14. The first-order valence-electron chi connectivity index (χ1n) is 4.71. The Balaban J connectivity index is 2.45. The maximum Gasteiger partial charge on any atom is -0.0197 e. The Bertz CT molecular complexity index is 218. The third-order valence-corrected chi connectivity index (χ3v) is 2.45. The van der Waals surface area contributed by atoms with Crippen LogP contribution < -0.4 is 0 Å². The van der Waals surface area contributed by atoms with Crippen molar-refractivity contribution in [2.75, 3.05) is 0 Å². The van der Waals surface area contributed by atoms with Crippen LogP contribution in [0.1, 0.15) is 33.1 Å². The third-order valence-electron chi connectivity index (χ3n) is 2.45. The monoisotopic (exact) mass is 162 g/mol. The minimum Gasteiger partial charge on any atom is -0.0999 e. The van der Waals surface area contributed by atoms with Gasteiger partial charge in [0, 0.05) is 0 Å². The highest BCUT2D eigenvalue weighted by atomic mass is 14.1. The van der Waals surface area contributed by atoms with E-state index in [0.717, 1.165) is 6.42 Å². The summed E-state index contributed by atoms with van der Waals surface area (Å²) >= 11 is 0. The van der Waals surface area contributed by atoms with Crippen molar-refractivity contribution in [3.8, 4) is 0 Å². The number of hydrogen-bond donors (Lipinski definition) is 0. The first-order valence-corrected chi connectivity index (χ1v) is 4.71. The Morgan fingerprint density at radius 1 is 1.58 bits per heavy atom. The van der Waals surface area contributed by atoms with Gasteiger partial charge in [-0.25, -0.2) is 0 Å². The molecule has 0 saturated carbocycles. The molecule has 0 nitrogen and oxygen atoms in total. The van der Waals surface area contributed by atoms with E-state index >= 15 is 0 Å². The van der Waals surface area contributed by atoms with Gasteiger partial charge in [0.15, 0.2) is 0 Å². The van der Waals surface area contributed by atoms with Gasteiger partial charge in [-0.15, -0.1) is 0 Å². The van der Waals surface area contributed by atoms with E-state index < -0.39 is 0 Å². The Morgan fingerprint density at radius 2 is 2.33 bits per heavy atom. The summed E-state index contributed by atoms with van der Waals surface area (Å²) in [5.74, 6) is 0.624. The maximum atomic E-state index is 3.97. The van der Waals surface area contributed by atoms with E-state index in [0.29, 0.717) is 5.92 Å². The molecule has 0 fully saturated rings. The molecule has 0 N–H and O–H groups in total. The minimum absolute atomic E-state index is 0.624. The molecule has 12 heavy (non-hydrogen) atoms. The Labute approximate surface area is 75.7 Å². The van der Waals surface area contributed by atoms with E-state index in [-0.39, 0.29) is 0 Å². The fraction of sp³-hybridized carbons (Fsp3) is 0.500. The normalized spacial score (nSPS) is 18.7. The maximum absolute atomic E-state index is 3.97. The van der Waals surface area contributed by atoms with Crippen LogP contribution in [0.4, 0.5) is 0 Å². The van der Waals surface area contributed by atoms with Crippen molar-refractivity contribution in [1.29, 1.82) is 0 Å². The smallest absolute Gasteiger partial charge is 0.0197 e. The Kier molecular flexibility index (Phi) is 3.33. The fourth-order valence-electron chi connectivity index (χ4n) is 1.35. The van der Waals surface area contributed by atoms with Gasteiger partial charge in [0.05, 0.1) is 0 Å². The van der Waals surface area contributed by atoms with Gasteiger partial charge in [-0.3, -0.25) is 0 Å². The van der Waals surface area contributed by atoms with Crippen molar-refractivity contribution in [3.63, 3.8) is 0 Å². The number of rotatable bonds is 3. The lowest BCUT2D eigenvalue weighted by Gasteiger charge is -2.13. The Morgan fingerprint density at radius 3 is 2.83 bits per heavy atom. The molecule has 0 spiro atoms. The first-order chi connectivity index (χ1) is 5.70. The van der Waals surface area contributed by atoms with Crippen LogP contribution in [0.15, 0.2) is 36.0 Å². The molecule has 1 aliphatic carbocycles. The van der Waals surface area contributed by atoms with Crippen molar-refractivity contribution in [2.45, 2.75) is 33.1 Å². The van der Waals surface area contributed by atoms with Gasteiger partial charge in [0.2, 0.25) is 0 Å². The summed E-state index contributed by atoms with van der Waals surface area (Å²) < 4.78 is 0. The van der Waals surface area contributed by atoms with Gasteiger partial charge < -0.3 is 0 Å². The highest BCUT2D eigenvalue weighted by Crippen LogP contribution is 2.21. The van der Waals surface area contributed by atoms with Crippen molar-refractivity contribution in [1.82, 2.24) is 0 Å². The molecule has 0 saturated heterocycles. The molecule has 0 aromatic rings. The standard InChI is InChI=1S/C12H18/c1-10(2)11(3)9-12-7-5-4-6-8-12/h5,7-8,11H,1,4,6,9H2,2-3H3/t11-/m0/s1. The summed E-state index contributed by atoms with van der Waals surface area (Å²) in [5, 5.41) is 0. The highest BCUT2D eigenvalue weighted by Gasteiger charge is 2.05. The summed E-state index contributed by atoms with van der Waals surface area (Å²) in [6, 6.07) is 0. The molecule has 0 aromatic carbocycles. The van der Waals surface area contributed by atoms with Gasteiger partial charge in [-0.2, -0.15) is 0 Å². The highest BCUT2D eigenvalue weighted by molar-refractivity contribution is 5.23. The van der Waals surface area contributed by atoms with Gasteiger partial charge in [-0.1, -0.05) is 42.9 Å². The average Bonchev–Trinajstić information content (AvgIpc) is 2.06. The van der Waals surface area contributed by atoms with Crippen LogP contribution >= 0.6 is 0 Å². The van der Waals surface area contributed by atoms with Gasteiger partial charge in [0.25, 0.3) is 0 Å². The molecular formula is C12H18. The van der Waals surface area contributed by atoms with Crippen LogP contribution in [0, 0.1) is 5.92 Å². The summed E-state index contributed by atoms with van der Waals surface area (Å²) in [6.07, 6.45) is 10.5. The van der Waals surface area contributed by atoms with Gasteiger partial charge >= 0.3 is 0 Å². The lowest BCUT2D eigenvalue weighted by Crippen LogP contribution is -1.97. The molecule has 0 heteroatoms. The van der Waals surface area contributed by atoms with Crippen molar-refractivity contribution >= 4 is 0 Å². The molecule has 0 aliphatic heterocycles. The van der Waals surface area contributed by atoms with Gasteiger partial charge in [-0.05, 0) is 32.1 Å². The lowest BCUT2D eigenvalue weighted by molar-refractivity contribution is 0.678. The molecule has 66 valence electrons. The molecular weight excluding hydrogens is 144 g/mol. The van der Waals surface area contributed by atoms with E-state index in [4.69, 9.17) is 0 Å². The number of allylic oxidation sites excluding steroid dienone is 5. The molecule has 0 amide bonds. The van der Waals surface area contributed by atoms with Crippen LogP contribution in [-0.2, 0) is 0 Å². The topological polar surface area (TPSA) is 0 Å². The first kappa shape index (κ1) is 9.31. The quantitative estimate of drug-likeness (QED) is 0.553. The molecule has 1 atom stereocenters. The summed E-state index contributed by atoms with van der Waals surface area (Å²) in [5.41, 5.74) is 2.77. The summed E-state index contributed by atoms with van der Waals surface area (Å²) in [6.45, 7) is 8.32. The van der Waals surface area contributed by atoms with E-state index in [9.17, 15) is 0 Å². The van der Waals surface area contributed by atoms with Crippen LogP contribution in [0.25, 0.3) is 0 Å². The second-order valence-corrected chi connectivity index (χ2v) is 3.71. The molecule has 0 bridgehead atoms. The van der Waals surface area contributed by atoms with Crippen LogP contribution in [-0.4, -0.2) is 0 Å². The fourth-order valence-corrected chi connectivity index (χ4v) is 1.35. The third kappa shape index (κ3) is 2.69. The second-order valence-electron chi connectivity index (χ2n) is 3.71. The number of hydrogen-bond acceptors (Lipinski definition) is 0. The second kappa shape index (κ2) is 4.30. The van der Waals surface area contributed by atoms with Crippen molar-refractivity contribution < 1.29 is 0 Å². The molecule has 0 aromatic heterocycles. The predicted octanol–water partition coefficient (Wildman–Crippen LogP) is 3.87. The zero-order valence-electron chi connectivity index (χ0n) is 8.14. The van der Waals surface area contributed by atoms with E-state index in [1.165, 1.54) is 24.0 Å². The van der Waals surface area contributed by atoms with Crippen LogP contribution in [0.5, 0.6) is 0 Å². The molecule has 0 unspecified atom stereocenters. The molecule has 0 radical (unpaired) electrons. The molecule has 1 aliphatic rings. The van der Waals surface area contributed by atoms with Gasteiger partial charge in [0.1, 0.15) is 0 Å². The van der Waals surface area contributed by atoms with Crippen molar-refractivity contribution in [2.24, 2.45) is 5.92 Å². The van der Waals surface area contributed by atoms with Crippen LogP contribution in [0.2, 0.25) is 0 Å². The van der Waals surface area contributed by atoms with E-state index in [1.807, 2.05) is 0 Å². The predicted molar refractivity (Wildman–Crippen MR) is 55.1 cm³/mol. The average molecular weight is 162 g/mol. The summed E-state index contributed by atoms with van der Waals surface area (Å²) in [4.78, 5) is 0. The lowest BCUT2D eigenvalue weighted by atomic mass is 9.93. The largest absolute Gasteiger partial charge is 0.0999 e. The molecule has 0 heterocycles. The summed E-state index contributed by atoms with van der Waals surface area (Å²) in [7, 11) is 0. The Hall–Kier alpha value is -0.780. The minimum atomic E-state index is 0.624. The molecule has 1 rings (SSSR count). The van der Waals surface area contributed by atoms with Crippen LogP contribution in [0.3, 0.4) is 0 Å². The zero-order chi connectivity index (χ0) is 8.97. The van der Waals surface area contributed by atoms with E-state index in [2.05, 4.69) is 38.7 Å². The van der Waals surface area contributed by atoms with Crippen molar-refractivity contribution in [3.05, 3.63) is 36.0 Å². The SMILES string of the molecule is C=C(C)[C@@H](C)CC1=CCCC=C1.